The van der Waals surface area contributed by atoms with Crippen molar-refractivity contribution in [2.45, 2.75) is 46.7 Å². The first-order valence-electron chi connectivity index (χ1n) is 10.9. The molecule has 186 valence electrons. The molecule has 2 aromatic carbocycles. The topological polar surface area (TPSA) is 86.8 Å². The minimum absolute atomic E-state index is 0.0530. The standard InChI is InChI=1S/C24H31Cl2N3O4S/c1-6-12-27-24(31)18(4)28(14-19-20(25)8-7-9-21(19)26)23(30)15-29(34(5,32)33)22-11-10-16(2)13-17(22)3/h7-11,13,18H,6,12,14-15H2,1-5H3,(H,27,31)/t18-/m1/s1. The molecule has 10 heteroatoms. The first-order chi connectivity index (χ1) is 15.9. The largest absolute Gasteiger partial charge is 0.354 e. The summed E-state index contributed by atoms with van der Waals surface area (Å²) in [6, 6.07) is 9.39. The molecule has 0 saturated carbocycles. The predicted molar refractivity (Wildman–Crippen MR) is 138 cm³/mol. The zero-order valence-electron chi connectivity index (χ0n) is 20.1. The molecule has 0 aliphatic rings. The van der Waals surface area contributed by atoms with Crippen LogP contribution in [0.15, 0.2) is 36.4 Å². The smallest absolute Gasteiger partial charge is 0.244 e. The molecule has 2 amide bonds. The number of nitrogens with zero attached hydrogens (tertiary/aromatic N) is 2. The van der Waals surface area contributed by atoms with E-state index in [1.54, 1.807) is 44.2 Å². The molecule has 0 unspecified atom stereocenters. The van der Waals surface area contributed by atoms with Gasteiger partial charge in [-0.15, -0.1) is 0 Å². The van der Waals surface area contributed by atoms with E-state index in [4.69, 9.17) is 23.2 Å². The van der Waals surface area contributed by atoms with Gasteiger partial charge in [0.2, 0.25) is 21.8 Å². The van der Waals surface area contributed by atoms with E-state index in [1.165, 1.54) is 4.90 Å². The van der Waals surface area contributed by atoms with Gasteiger partial charge in [-0.2, -0.15) is 0 Å². The van der Waals surface area contributed by atoms with E-state index in [1.807, 2.05) is 19.9 Å². The lowest BCUT2D eigenvalue weighted by Gasteiger charge is -2.32. The molecule has 34 heavy (non-hydrogen) atoms. The number of hydrogen-bond donors (Lipinski definition) is 1. The van der Waals surface area contributed by atoms with Crippen LogP contribution < -0.4 is 9.62 Å². The van der Waals surface area contributed by atoms with E-state index in [2.05, 4.69) is 5.32 Å². The highest BCUT2D eigenvalue weighted by Crippen LogP contribution is 2.28. The highest BCUT2D eigenvalue weighted by molar-refractivity contribution is 7.92. The van der Waals surface area contributed by atoms with Gasteiger partial charge >= 0.3 is 0 Å². The van der Waals surface area contributed by atoms with Crippen LogP contribution in [0.1, 0.15) is 37.0 Å². The number of halogens is 2. The molecule has 0 saturated heterocycles. The van der Waals surface area contributed by atoms with Gasteiger partial charge in [0.1, 0.15) is 12.6 Å². The Morgan fingerprint density at radius 2 is 1.71 bits per heavy atom. The summed E-state index contributed by atoms with van der Waals surface area (Å²) in [5.74, 6) is -0.906. The van der Waals surface area contributed by atoms with Gasteiger partial charge in [-0.3, -0.25) is 13.9 Å². The maximum Gasteiger partial charge on any atom is 0.244 e. The van der Waals surface area contributed by atoms with E-state index in [0.717, 1.165) is 22.5 Å². The van der Waals surface area contributed by atoms with Crippen LogP contribution in [0.25, 0.3) is 0 Å². The molecule has 7 nitrogen and oxygen atoms in total. The summed E-state index contributed by atoms with van der Waals surface area (Å²) in [4.78, 5) is 27.6. The van der Waals surface area contributed by atoms with Gasteiger partial charge in [0.25, 0.3) is 0 Å². The van der Waals surface area contributed by atoms with Crippen LogP contribution in [0.2, 0.25) is 10.0 Å². The molecule has 0 bridgehead atoms. The van der Waals surface area contributed by atoms with Crippen LogP contribution in [0.5, 0.6) is 0 Å². The van der Waals surface area contributed by atoms with Crippen molar-refractivity contribution in [1.82, 2.24) is 10.2 Å². The SMILES string of the molecule is CCCNC(=O)[C@@H](C)N(Cc1c(Cl)cccc1Cl)C(=O)CN(c1ccc(C)cc1C)S(C)(=O)=O. The fraction of sp³-hybridized carbons (Fsp3) is 0.417. The van der Waals surface area contributed by atoms with Crippen LogP contribution in [-0.2, 0) is 26.2 Å². The quantitative estimate of drug-likeness (QED) is 0.498. The second-order valence-electron chi connectivity index (χ2n) is 8.25. The van der Waals surface area contributed by atoms with Crippen LogP contribution in [0.4, 0.5) is 5.69 Å². The van der Waals surface area contributed by atoms with Gasteiger partial charge in [-0.25, -0.2) is 8.42 Å². The Kier molecular flexibility index (Phi) is 9.79. The fourth-order valence-corrected chi connectivity index (χ4v) is 4.94. The average molecular weight is 529 g/mol. The number of hydrogen-bond acceptors (Lipinski definition) is 4. The Labute approximate surface area is 212 Å². The molecule has 0 spiro atoms. The maximum atomic E-state index is 13.6. The van der Waals surface area contributed by atoms with Crippen molar-refractivity contribution in [3.8, 4) is 0 Å². The van der Waals surface area contributed by atoms with Crippen LogP contribution >= 0.6 is 23.2 Å². The van der Waals surface area contributed by atoms with Gasteiger partial charge in [0.15, 0.2) is 0 Å². The minimum atomic E-state index is -3.80. The Balaban J connectivity index is 2.46. The van der Waals surface area contributed by atoms with Crippen LogP contribution in [-0.4, -0.2) is 50.5 Å². The number of anilines is 1. The summed E-state index contributed by atoms with van der Waals surface area (Å²) in [7, 11) is -3.80. The Morgan fingerprint density at radius 1 is 1.09 bits per heavy atom. The summed E-state index contributed by atoms with van der Waals surface area (Å²) in [5.41, 5.74) is 2.57. The first-order valence-corrected chi connectivity index (χ1v) is 13.5. The van der Waals surface area contributed by atoms with E-state index in [0.29, 0.717) is 33.4 Å². The highest BCUT2D eigenvalue weighted by atomic mass is 35.5. The van der Waals surface area contributed by atoms with Crippen molar-refractivity contribution < 1.29 is 18.0 Å². The predicted octanol–water partition coefficient (Wildman–Crippen LogP) is 4.32. The zero-order valence-corrected chi connectivity index (χ0v) is 22.4. The Morgan fingerprint density at radius 3 is 2.24 bits per heavy atom. The van der Waals surface area contributed by atoms with Gasteiger partial charge in [0.05, 0.1) is 11.9 Å². The number of benzene rings is 2. The summed E-state index contributed by atoms with van der Waals surface area (Å²) >= 11 is 12.7. The third-order valence-corrected chi connectivity index (χ3v) is 7.24. The summed E-state index contributed by atoms with van der Waals surface area (Å²) in [6.07, 6.45) is 1.78. The number of amides is 2. The normalized spacial score (nSPS) is 12.2. The minimum Gasteiger partial charge on any atom is -0.354 e. The van der Waals surface area contributed by atoms with Crippen molar-refractivity contribution >= 4 is 50.7 Å². The fourth-order valence-electron chi connectivity index (χ4n) is 3.51. The second kappa shape index (κ2) is 11.9. The number of sulfonamides is 1. The van der Waals surface area contributed by atoms with Crippen molar-refractivity contribution in [2.24, 2.45) is 0 Å². The molecule has 1 atom stereocenters. The molecular weight excluding hydrogens is 497 g/mol. The van der Waals surface area contributed by atoms with E-state index >= 15 is 0 Å². The third kappa shape index (κ3) is 7.10. The molecule has 0 aliphatic heterocycles. The summed E-state index contributed by atoms with van der Waals surface area (Å²) in [5, 5.41) is 3.48. The molecule has 2 rings (SSSR count). The first kappa shape index (κ1) is 28.0. The van der Waals surface area contributed by atoms with Crippen molar-refractivity contribution in [2.75, 3.05) is 23.7 Å². The highest BCUT2D eigenvalue weighted by Gasteiger charge is 2.31. The van der Waals surface area contributed by atoms with E-state index < -0.39 is 28.5 Å². The lowest BCUT2D eigenvalue weighted by atomic mass is 10.1. The number of nitrogens with one attached hydrogen (secondary N) is 1. The van der Waals surface area contributed by atoms with Crippen LogP contribution in [0.3, 0.4) is 0 Å². The maximum absolute atomic E-state index is 13.6. The number of carbonyl (C=O) groups is 2. The second-order valence-corrected chi connectivity index (χ2v) is 11.0. The van der Waals surface area contributed by atoms with Gasteiger partial charge < -0.3 is 10.2 Å². The summed E-state index contributed by atoms with van der Waals surface area (Å²) in [6.45, 7) is 7.13. The molecule has 0 aliphatic carbocycles. The summed E-state index contributed by atoms with van der Waals surface area (Å²) < 4.78 is 26.4. The van der Waals surface area contributed by atoms with Crippen LogP contribution in [0, 0.1) is 13.8 Å². The average Bonchev–Trinajstić information content (AvgIpc) is 2.74. The lowest BCUT2D eigenvalue weighted by molar-refractivity contribution is -0.139. The number of aryl methyl sites for hydroxylation is 2. The van der Waals surface area contributed by atoms with E-state index in [9.17, 15) is 18.0 Å². The monoisotopic (exact) mass is 527 g/mol. The van der Waals surface area contributed by atoms with Gasteiger partial charge in [-0.1, -0.05) is 53.9 Å². The molecule has 0 heterocycles. The molecule has 1 N–H and O–H groups in total. The number of carbonyl (C=O) groups excluding carboxylic acids is 2. The van der Waals surface area contributed by atoms with Crippen molar-refractivity contribution in [3.63, 3.8) is 0 Å². The van der Waals surface area contributed by atoms with Gasteiger partial charge in [-0.05, 0) is 51.0 Å². The molecule has 0 radical (unpaired) electrons. The van der Waals surface area contributed by atoms with Crippen molar-refractivity contribution in [1.29, 1.82) is 0 Å². The number of rotatable bonds is 10. The molecular formula is C24H31Cl2N3O4S. The zero-order chi connectivity index (χ0) is 25.6. The third-order valence-electron chi connectivity index (χ3n) is 5.41. The molecule has 0 aromatic heterocycles. The molecule has 2 aromatic rings. The van der Waals surface area contributed by atoms with E-state index in [-0.39, 0.29) is 12.5 Å². The van der Waals surface area contributed by atoms with Gasteiger partial charge in [0, 0.05) is 28.7 Å². The lowest BCUT2D eigenvalue weighted by Crippen LogP contribution is -2.51. The van der Waals surface area contributed by atoms with Crippen molar-refractivity contribution in [3.05, 3.63) is 63.1 Å². The Hall–Kier alpha value is -2.29. The Bertz CT molecular complexity index is 1130. The molecule has 0 fully saturated rings.